The summed E-state index contributed by atoms with van der Waals surface area (Å²) in [5.41, 5.74) is 0. The first kappa shape index (κ1) is 11.6. The number of nitrogens with zero attached hydrogens (tertiary/aromatic N) is 3. The summed E-state index contributed by atoms with van der Waals surface area (Å²) in [5.74, 6) is 0.638. The first-order chi connectivity index (χ1) is 8.90. The van der Waals surface area contributed by atoms with Crippen LogP contribution in [0.4, 0.5) is 6.01 Å². The van der Waals surface area contributed by atoms with Gasteiger partial charge in [0.15, 0.2) is 0 Å². The molecule has 1 aliphatic carbocycles. The lowest BCUT2D eigenvalue weighted by Crippen LogP contribution is -2.15. The lowest BCUT2D eigenvalue weighted by molar-refractivity contribution is 0.476. The van der Waals surface area contributed by atoms with Gasteiger partial charge in [0.25, 0.3) is 0 Å². The van der Waals surface area contributed by atoms with Crippen LogP contribution in [0.5, 0.6) is 0 Å². The Hall–Kier alpha value is -1.47. The molecule has 1 aliphatic rings. The number of hydrogen-bond donors (Lipinski definition) is 2. The second kappa shape index (κ2) is 5.45. The van der Waals surface area contributed by atoms with E-state index >= 15 is 0 Å². The molecule has 2 heterocycles. The van der Waals surface area contributed by atoms with Crippen LogP contribution in [0, 0.1) is 0 Å². The molecule has 0 spiro atoms. The monoisotopic (exact) mass is 265 g/mol. The quantitative estimate of drug-likeness (QED) is 0.789. The van der Waals surface area contributed by atoms with Gasteiger partial charge in [-0.15, -0.1) is 16.4 Å². The Morgan fingerprint density at radius 1 is 1.39 bits per heavy atom. The van der Waals surface area contributed by atoms with Gasteiger partial charge in [0.2, 0.25) is 5.89 Å². The fourth-order valence-electron chi connectivity index (χ4n) is 1.57. The highest BCUT2D eigenvalue weighted by atomic mass is 32.1. The topological polar surface area (TPSA) is 75.9 Å². The van der Waals surface area contributed by atoms with Gasteiger partial charge in [-0.3, -0.25) is 0 Å². The van der Waals surface area contributed by atoms with E-state index in [4.69, 9.17) is 4.42 Å². The highest BCUT2D eigenvalue weighted by Gasteiger charge is 2.21. The minimum absolute atomic E-state index is 0.485. The summed E-state index contributed by atoms with van der Waals surface area (Å²) in [6, 6.07) is 1.14. The van der Waals surface area contributed by atoms with Crippen molar-refractivity contribution in [1.82, 2.24) is 20.5 Å². The Kier molecular flexibility index (Phi) is 3.51. The van der Waals surface area contributed by atoms with Crippen molar-refractivity contribution in [3.05, 3.63) is 22.5 Å². The van der Waals surface area contributed by atoms with Crippen molar-refractivity contribution in [3.8, 4) is 0 Å². The van der Waals surface area contributed by atoms with E-state index < -0.39 is 0 Å². The average Bonchev–Trinajstić information content (AvgIpc) is 2.89. The van der Waals surface area contributed by atoms with Crippen LogP contribution in [0.3, 0.4) is 0 Å². The molecule has 0 unspecified atom stereocenters. The third-order valence-corrected chi connectivity index (χ3v) is 3.52. The molecular formula is C11H15N5OS. The minimum atomic E-state index is 0.485. The van der Waals surface area contributed by atoms with Crippen LogP contribution in [0.15, 0.2) is 16.0 Å². The maximum Gasteiger partial charge on any atom is 0.315 e. The first-order valence-corrected chi connectivity index (χ1v) is 6.96. The number of thiazole rings is 1. The molecular weight excluding hydrogens is 250 g/mol. The second-order valence-electron chi connectivity index (χ2n) is 4.26. The van der Waals surface area contributed by atoms with E-state index in [1.807, 2.05) is 11.6 Å². The third-order valence-electron chi connectivity index (χ3n) is 2.68. The summed E-state index contributed by atoms with van der Waals surface area (Å²) in [6.45, 7) is 1.41. The molecule has 0 atom stereocenters. The van der Waals surface area contributed by atoms with E-state index in [0.29, 0.717) is 24.5 Å². The van der Waals surface area contributed by atoms with Crippen LogP contribution in [0.25, 0.3) is 0 Å². The molecule has 18 heavy (non-hydrogen) atoms. The number of aromatic nitrogens is 3. The van der Waals surface area contributed by atoms with Crippen molar-refractivity contribution in [2.75, 3.05) is 11.9 Å². The minimum Gasteiger partial charge on any atom is -0.407 e. The van der Waals surface area contributed by atoms with E-state index in [2.05, 4.69) is 25.8 Å². The Labute approximate surface area is 109 Å². The van der Waals surface area contributed by atoms with Crippen molar-refractivity contribution in [1.29, 1.82) is 0 Å². The second-order valence-corrected chi connectivity index (χ2v) is 5.24. The molecule has 2 aromatic rings. The highest BCUT2D eigenvalue weighted by molar-refractivity contribution is 7.09. The molecule has 0 aromatic carbocycles. The van der Waals surface area contributed by atoms with E-state index in [1.54, 1.807) is 11.3 Å². The zero-order valence-corrected chi connectivity index (χ0v) is 10.7. The molecule has 0 amide bonds. The van der Waals surface area contributed by atoms with E-state index in [0.717, 1.165) is 18.0 Å². The summed E-state index contributed by atoms with van der Waals surface area (Å²) in [4.78, 5) is 4.21. The highest BCUT2D eigenvalue weighted by Crippen LogP contribution is 2.19. The molecule has 0 aliphatic heterocycles. The van der Waals surface area contributed by atoms with Gasteiger partial charge in [-0.25, -0.2) is 4.98 Å². The Bertz CT molecular complexity index is 479. The lowest BCUT2D eigenvalue weighted by Gasteiger charge is -1.98. The van der Waals surface area contributed by atoms with Crippen molar-refractivity contribution in [3.63, 3.8) is 0 Å². The number of nitrogens with one attached hydrogen (secondary N) is 2. The molecule has 6 nitrogen and oxygen atoms in total. The molecule has 3 rings (SSSR count). The fraction of sp³-hybridized carbons (Fsp3) is 0.545. The molecule has 96 valence electrons. The average molecular weight is 265 g/mol. The van der Waals surface area contributed by atoms with Gasteiger partial charge in [-0.1, -0.05) is 5.10 Å². The summed E-state index contributed by atoms with van der Waals surface area (Å²) >= 11 is 1.65. The van der Waals surface area contributed by atoms with Crippen LogP contribution in [-0.2, 0) is 13.0 Å². The molecule has 0 bridgehead atoms. The number of anilines is 1. The summed E-state index contributed by atoms with van der Waals surface area (Å²) in [5, 5.41) is 17.4. The summed E-state index contributed by atoms with van der Waals surface area (Å²) < 4.78 is 5.47. The normalized spacial score (nSPS) is 14.9. The Morgan fingerprint density at radius 2 is 2.33 bits per heavy atom. The molecule has 0 saturated heterocycles. The van der Waals surface area contributed by atoms with Crippen LogP contribution < -0.4 is 10.6 Å². The smallest absolute Gasteiger partial charge is 0.315 e. The van der Waals surface area contributed by atoms with Gasteiger partial charge < -0.3 is 15.1 Å². The van der Waals surface area contributed by atoms with Crippen molar-refractivity contribution < 1.29 is 4.42 Å². The van der Waals surface area contributed by atoms with Crippen molar-refractivity contribution in [2.45, 2.75) is 31.8 Å². The van der Waals surface area contributed by atoms with E-state index in [1.165, 1.54) is 12.8 Å². The summed E-state index contributed by atoms with van der Waals surface area (Å²) in [6.07, 6.45) is 5.20. The molecule has 2 N–H and O–H groups in total. The zero-order chi connectivity index (χ0) is 12.2. The fourth-order valence-corrected chi connectivity index (χ4v) is 2.19. The summed E-state index contributed by atoms with van der Waals surface area (Å²) in [7, 11) is 0. The van der Waals surface area contributed by atoms with Gasteiger partial charge in [-0.05, 0) is 12.8 Å². The third kappa shape index (κ3) is 3.27. The maximum atomic E-state index is 5.47. The lowest BCUT2D eigenvalue weighted by atomic mass is 10.4. The van der Waals surface area contributed by atoms with Crippen LogP contribution in [0.2, 0.25) is 0 Å². The molecule has 1 fully saturated rings. The van der Waals surface area contributed by atoms with Gasteiger partial charge in [0.1, 0.15) is 0 Å². The van der Waals surface area contributed by atoms with Crippen molar-refractivity contribution in [2.24, 2.45) is 0 Å². The van der Waals surface area contributed by atoms with Gasteiger partial charge in [-0.2, -0.15) is 0 Å². The zero-order valence-electron chi connectivity index (χ0n) is 9.93. The number of rotatable bonds is 7. The van der Waals surface area contributed by atoms with Crippen LogP contribution in [-0.4, -0.2) is 27.8 Å². The standard InChI is InChI=1S/C11H15N5OS/c1-2-8(1)14-7-9-15-16-11(17-9)13-4-3-10-12-5-6-18-10/h5-6,8,14H,1-4,7H2,(H,13,16). The Balaban J connectivity index is 1.41. The molecule has 7 heteroatoms. The maximum absolute atomic E-state index is 5.47. The van der Waals surface area contributed by atoms with Crippen molar-refractivity contribution >= 4 is 17.4 Å². The van der Waals surface area contributed by atoms with Crippen LogP contribution in [0.1, 0.15) is 23.7 Å². The predicted octanol–water partition coefficient (Wildman–Crippen LogP) is 1.43. The predicted molar refractivity (Wildman–Crippen MR) is 68.5 cm³/mol. The molecule has 1 saturated carbocycles. The molecule has 2 aromatic heterocycles. The number of hydrogen-bond acceptors (Lipinski definition) is 7. The van der Waals surface area contributed by atoms with Gasteiger partial charge >= 0.3 is 6.01 Å². The van der Waals surface area contributed by atoms with Gasteiger partial charge in [0, 0.05) is 30.6 Å². The SMILES string of the molecule is c1csc(CCNc2nnc(CNC3CC3)o2)n1. The molecule has 0 radical (unpaired) electrons. The van der Waals surface area contributed by atoms with E-state index in [9.17, 15) is 0 Å². The Morgan fingerprint density at radius 3 is 3.11 bits per heavy atom. The van der Waals surface area contributed by atoms with Gasteiger partial charge in [0.05, 0.1) is 11.6 Å². The van der Waals surface area contributed by atoms with Crippen LogP contribution >= 0.6 is 11.3 Å². The largest absolute Gasteiger partial charge is 0.407 e. The van der Waals surface area contributed by atoms with E-state index in [-0.39, 0.29) is 0 Å². The first-order valence-electron chi connectivity index (χ1n) is 6.08.